The molecule has 2 aliphatic heterocycles. The predicted octanol–water partition coefficient (Wildman–Crippen LogP) is 5.40. The van der Waals surface area contributed by atoms with Crippen LogP contribution in [0, 0.1) is 24.7 Å². The highest BCUT2D eigenvalue weighted by Crippen LogP contribution is 2.39. The molecule has 1 aliphatic carbocycles. The Morgan fingerprint density at radius 2 is 1.90 bits per heavy atom. The van der Waals surface area contributed by atoms with Crippen molar-refractivity contribution in [3.63, 3.8) is 0 Å². The monoisotopic (exact) mass is 575 g/mol. The lowest BCUT2D eigenvalue weighted by atomic mass is 9.85. The number of fused-ring (bicyclic) bond motifs is 1. The van der Waals surface area contributed by atoms with Crippen molar-refractivity contribution in [1.82, 2.24) is 10.2 Å². The van der Waals surface area contributed by atoms with E-state index in [1.165, 1.54) is 5.56 Å². The van der Waals surface area contributed by atoms with E-state index < -0.39 is 18.1 Å². The quantitative estimate of drug-likeness (QED) is 0.417. The van der Waals surface area contributed by atoms with Crippen LogP contribution in [0.2, 0.25) is 0 Å². The van der Waals surface area contributed by atoms with Gasteiger partial charge in [-0.1, -0.05) is 50.2 Å². The van der Waals surface area contributed by atoms with Crippen molar-refractivity contribution >= 4 is 34.9 Å². The molecule has 1 fully saturated rings. The smallest absolute Gasteiger partial charge is 0.255 e. The molecule has 8 heteroatoms. The Kier molecular flexibility index (Phi) is 8.71. The Hall–Kier alpha value is -2.97. The number of nitrogens with one attached hydrogen (secondary N) is 1. The standard InChI is InChI=1S/C33H41N3O4S/c1-18(2)30(36-16-23-8-6-7-9-27(23)33(36)40)29(38)14-24-13-25(37)15-28(24)32(39)35-20(4)26-11-10-22(12-19(26)3)31-21(5)34-17-41-31/h6-12,17-18,20-21,24-25,28,30-31,37H,13-16H2,1-5H3,(H,35,39)/t20-,21?,24?,25-,28?,30-,31?/m0/s1. The van der Waals surface area contributed by atoms with Gasteiger partial charge in [0.25, 0.3) is 5.91 Å². The van der Waals surface area contributed by atoms with Gasteiger partial charge < -0.3 is 15.3 Å². The normalized spacial score (nSPS) is 26.9. The van der Waals surface area contributed by atoms with Gasteiger partial charge in [0.1, 0.15) is 0 Å². The fourth-order valence-electron chi connectivity index (χ4n) is 6.93. The summed E-state index contributed by atoms with van der Waals surface area (Å²) < 4.78 is 0. The molecule has 7 nitrogen and oxygen atoms in total. The van der Waals surface area contributed by atoms with E-state index in [1.807, 2.05) is 50.6 Å². The third-order valence-electron chi connectivity index (χ3n) is 9.01. The van der Waals surface area contributed by atoms with Gasteiger partial charge in [0.05, 0.1) is 35.0 Å². The van der Waals surface area contributed by atoms with Gasteiger partial charge >= 0.3 is 0 Å². The third kappa shape index (κ3) is 6.00. The average molecular weight is 576 g/mol. The highest BCUT2D eigenvalue weighted by atomic mass is 32.2. The minimum absolute atomic E-state index is 0.0412. The Morgan fingerprint density at radius 3 is 2.56 bits per heavy atom. The predicted molar refractivity (Wildman–Crippen MR) is 163 cm³/mol. The van der Waals surface area contributed by atoms with Crippen molar-refractivity contribution in [3.05, 3.63) is 70.3 Å². The number of thioether (sulfide) groups is 1. The first-order valence-electron chi connectivity index (χ1n) is 14.7. The number of benzene rings is 2. The summed E-state index contributed by atoms with van der Waals surface area (Å²) in [7, 11) is 0. The molecule has 0 radical (unpaired) electrons. The van der Waals surface area contributed by atoms with Gasteiger partial charge in [-0.05, 0) is 73.8 Å². The number of ketones is 1. The number of aliphatic hydroxyl groups excluding tert-OH is 1. The first-order valence-corrected chi connectivity index (χ1v) is 15.7. The molecular formula is C33H41N3O4S. The van der Waals surface area contributed by atoms with Crippen molar-refractivity contribution in [2.75, 3.05) is 0 Å². The molecule has 2 aromatic carbocycles. The summed E-state index contributed by atoms with van der Waals surface area (Å²) in [5.74, 6) is -1.08. The minimum Gasteiger partial charge on any atom is -0.393 e. The summed E-state index contributed by atoms with van der Waals surface area (Å²) in [6.45, 7) is 10.5. The summed E-state index contributed by atoms with van der Waals surface area (Å²) in [4.78, 5) is 46.6. The van der Waals surface area contributed by atoms with Gasteiger partial charge in [0.15, 0.2) is 5.78 Å². The van der Waals surface area contributed by atoms with Crippen molar-refractivity contribution in [3.8, 4) is 0 Å². The molecule has 5 rings (SSSR count). The van der Waals surface area contributed by atoms with Crippen LogP contribution in [0.4, 0.5) is 0 Å². The van der Waals surface area contributed by atoms with Crippen LogP contribution in [0.25, 0.3) is 0 Å². The number of aliphatic imine (C=N–C) groups is 1. The maximum absolute atomic E-state index is 13.7. The molecule has 2 aromatic rings. The SMILES string of the molecule is Cc1cc(C2SC=NC2C)ccc1[C@H](C)NC(=O)C1C[C@@H](O)CC1CC(=O)[C@H](C(C)C)N1Cc2ccccc2C1=O. The van der Waals surface area contributed by atoms with Crippen LogP contribution in [0.1, 0.15) is 90.9 Å². The van der Waals surface area contributed by atoms with Gasteiger partial charge in [-0.2, -0.15) is 0 Å². The molecule has 218 valence electrons. The Bertz CT molecular complexity index is 1360. The molecular weight excluding hydrogens is 534 g/mol. The van der Waals surface area contributed by atoms with Gasteiger partial charge in [0.2, 0.25) is 5.91 Å². The van der Waals surface area contributed by atoms with Crippen LogP contribution >= 0.6 is 11.8 Å². The Morgan fingerprint density at radius 1 is 1.15 bits per heavy atom. The van der Waals surface area contributed by atoms with Gasteiger partial charge in [0, 0.05) is 24.4 Å². The van der Waals surface area contributed by atoms with Crippen LogP contribution < -0.4 is 5.32 Å². The number of hydrogen-bond donors (Lipinski definition) is 2. The van der Waals surface area contributed by atoms with E-state index in [-0.39, 0.29) is 47.9 Å². The zero-order chi connectivity index (χ0) is 29.4. The molecule has 7 atom stereocenters. The number of aryl methyl sites for hydroxylation is 1. The second-order valence-electron chi connectivity index (χ2n) is 12.3. The van der Waals surface area contributed by atoms with E-state index in [2.05, 4.69) is 42.4 Å². The maximum atomic E-state index is 13.7. The van der Waals surface area contributed by atoms with Gasteiger partial charge in [-0.15, -0.1) is 11.8 Å². The molecule has 2 amide bonds. The molecule has 0 spiro atoms. The summed E-state index contributed by atoms with van der Waals surface area (Å²) in [5.41, 5.74) is 6.91. The van der Waals surface area contributed by atoms with Gasteiger partial charge in [-0.3, -0.25) is 19.4 Å². The van der Waals surface area contributed by atoms with E-state index in [0.717, 1.165) is 16.7 Å². The first kappa shape index (κ1) is 29.5. The number of rotatable bonds is 9. The van der Waals surface area contributed by atoms with Crippen molar-refractivity contribution in [2.24, 2.45) is 22.7 Å². The largest absolute Gasteiger partial charge is 0.393 e. The lowest BCUT2D eigenvalue weighted by molar-refractivity contribution is -0.129. The Labute approximate surface area is 247 Å². The number of carbonyl (C=O) groups is 3. The summed E-state index contributed by atoms with van der Waals surface area (Å²) >= 11 is 1.73. The number of hydrogen-bond acceptors (Lipinski definition) is 6. The van der Waals surface area contributed by atoms with E-state index in [1.54, 1.807) is 16.7 Å². The van der Waals surface area contributed by atoms with Crippen LogP contribution in [-0.2, 0) is 16.1 Å². The van der Waals surface area contributed by atoms with Crippen molar-refractivity contribution in [1.29, 1.82) is 0 Å². The molecule has 4 unspecified atom stereocenters. The molecule has 1 saturated carbocycles. The molecule has 3 aliphatic rings. The number of aliphatic hydroxyl groups is 1. The van der Waals surface area contributed by atoms with E-state index in [0.29, 0.717) is 30.2 Å². The summed E-state index contributed by atoms with van der Waals surface area (Å²) in [6.07, 6.45) is 0.290. The fourth-order valence-corrected chi connectivity index (χ4v) is 7.93. The highest BCUT2D eigenvalue weighted by molar-refractivity contribution is 8.12. The molecule has 0 saturated heterocycles. The van der Waals surface area contributed by atoms with Gasteiger partial charge in [-0.25, -0.2) is 0 Å². The fraction of sp³-hybridized carbons (Fsp3) is 0.515. The van der Waals surface area contributed by atoms with E-state index >= 15 is 0 Å². The molecule has 0 aromatic heterocycles. The molecule has 41 heavy (non-hydrogen) atoms. The molecule has 2 N–H and O–H groups in total. The molecule has 2 heterocycles. The second kappa shape index (κ2) is 12.1. The van der Waals surface area contributed by atoms with Crippen LogP contribution in [0.15, 0.2) is 47.5 Å². The van der Waals surface area contributed by atoms with Crippen LogP contribution in [-0.4, -0.2) is 51.3 Å². The second-order valence-corrected chi connectivity index (χ2v) is 13.3. The minimum atomic E-state index is -0.622. The third-order valence-corrected chi connectivity index (χ3v) is 10.2. The van der Waals surface area contributed by atoms with E-state index in [9.17, 15) is 19.5 Å². The lowest BCUT2D eigenvalue weighted by Crippen LogP contribution is -2.46. The maximum Gasteiger partial charge on any atom is 0.255 e. The summed E-state index contributed by atoms with van der Waals surface area (Å²) in [6, 6.07) is 13.4. The van der Waals surface area contributed by atoms with E-state index in [4.69, 9.17) is 0 Å². The Balaban J connectivity index is 1.25. The van der Waals surface area contributed by atoms with Crippen molar-refractivity contribution < 1.29 is 19.5 Å². The number of carbonyl (C=O) groups excluding carboxylic acids is 3. The highest BCUT2D eigenvalue weighted by Gasteiger charge is 2.43. The average Bonchev–Trinajstić information content (AvgIpc) is 3.61. The van der Waals surface area contributed by atoms with Crippen LogP contribution in [0.3, 0.4) is 0 Å². The number of amides is 2. The van der Waals surface area contributed by atoms with Crippen LogP contribution in [0.5, 0.6) is 0 Å². The summed E-state index contributed by atoms with van der Waals surface area (Å²) in [5, 5.41) is 14.0. The number of nitrogens with zero attached hydrogens (tertiary/aromatic N) is 2. The lowest BCUT2D eigenvalue weighted by Gasteiger charge is -2.31. The first-order chi connectivity index (χ1) is 19.5. The zero-order valence-electron chi connectivity index (χ0n) is 24.5. The number of Topliss-reactive ketones (excluding diaryl/α,β-unsaturated/α-hetero) is 1. The topological polar surface area (TPSA) is 99.1 Å². The molecule has 0 bridgehead atoms. The zero-order valence-corrected chi connectivity index (χ0v) is 25.4. The van der Waals surface area contributed by atoms with Crippen molar-refractivity contribution in [2.45, 2.75) is 89.9 Å².